The number of anilines is 1. The minimum Gasteiger partial charge on any atom is -0.710 e. The van der Waals surface area contributed by atoms with Gasteiger partial charge in [0.05, 0.1) is 5.56 Å². The maximum Gasteiger partial charge on any atom is 0.351 e. The van der Waals surface area contributed by atoms with Crippen LogP contribution in [0.25, 0.3) is 22.3 Å². The molecule has 2 aromatic carbocycles. The van der Waals surface area contributed by atoms with E-state index in [2.05, 4.69) is 15.9 Å². The van der Waals surface area contributed by atoms with Crippen molar-refractivity contribution in [2.24, 2.45) is 0 Å². The van der Waals surface area contributed by atoms with Gasteiger partial charge >= 0.3 is 11.5 Å². The zero-order chi connectivity index (χ0) is 14.3. The molecular weight excluding hydrogens is 322 g/mol. The molecule has 100 valence electrons. The van der Waals surface area contributed by atoms with Gasteiger partial charge in [0.2, 0.25) is 5.52 Å². The van der Waals surface area contributed by atoms with E-state index in [0.29, 0.717) is 15.0 Å². The van der Waals surface area contributed by atoms with Crippen LogP contribution in [-0.2, 0) is 0 Å². The Morgan fingerprint density at radius 2 is 1.40 bits per heavy atom. The summed E-state index contributed by atoms with van der Waals surface area (Å²) < 4.78 is 2.16. The van der Waals surface area contributed by atoms with E-state index in [-0.39, 0.29) is 22.5 Å². The van der Waals surface area contributed by atoms with E-state index < -0.39 is 0 Å². The number of aromatic nitrogens is 2. The predicted octanol–water partition coefficient (Wildman–Crippen LogP) is 2.12. The summed E-state index contributed by atoms with van der Waals surface area (Å²) in [5, 5.41) is 24.6. The topological polar surface area (TPSA) is 79.9 Å². The summed E-state index contributed by atoms with van der Waals surface area (Å²) in [5.41, 5.74) is 7.13. The van der Waals surface area contributed by atoms with E-state index in [9.17, 15) is 10.4 Å². The van der Waals surface area contributed by atoms with Gasteiger partial charge in [0.15, 0.2) is 0 Å². The number of benzene rings is 2. The molecule has 6 heteroatoms. The molecule has 0 saturated heterocycles. The molecule has 3 rings (SSSR count). The van der Waals surface area contributed by atoms with Gasteiger partial charge in [0.25, 0.3) is 5.52 Å². The number of nitrogens with zero attached hydrogens (tertiary/aromatic N) is 2. The van der Waals surface area contributed by atoms with Crippen LogP contribution in [0.1, 0.15) is 0 Å². The molecule has 0 bridgehead atoms. The monoisotopic (exact) mass is 331 g/mol. The largest absolute Gasteiger partial charge is 0.710 e. The van der Waals surface area contributed by atoms with Crippen LogP contribution in [0.15, 0.2) is 53.0 Å². The Balaban J connectivity index is 2.39. The lowest BCUT2D eigenvalue weighted by Gasteiger charge is -2.13. The Bertz CT molecular complexity index is 804. The molecule has 3 aromatic rings. The number of nitrogen functional groups attached to an aromatic ring is 1. The molecular formula is C14H10BrN3O2. The van der Waals surface area contributed by atoms with Gasteiger partial charge in [-0.1, -0.05) is 28.1 Å². The first kappa shape index (κ1) is 12.7. The number of rotatable bonds is 1. The summed E-state index contributed by atoms with van der Waals surface area (Å²) in [4.78, 5) is 0. The number of hydrogen-bond acceptors (Lipinski definition) is 3. The third-order valence-electron chi connectivity index (χ3n) is 3.10. The van der Waals surface area contributed by atoms with Gasteiger partial charge in [-0.2, -0.15) is 4.73 Å². The summed E-state index contributed by atoms with van der Waals surface area (Å²) in [6.45, 7) is 0. The van der Waals surface area contributed by atoms with Crippen LogP contribution in [0.3, 0.4) is 0 Å². The first-order valence-corrected chi connectivity index (χ1v) is 6.68. The van der Waals surface area contributed by atoms with Gasteiger partial charge in [-0.05, 0) is 30.3 Å². The van der Waals surface area contributed by atoms with Crippen molar-refractivity contribution >= 4 is 32.8 Å². The Morgan fingerprint density at radius 3 is 2.00 bits per heavy atom. The van der Waals surface area contributed by atoms with Crippen LogP contribution < -0.4 is 15.2 Å². The smallest absolute Gasteiger partial charge is 0.351 e. The van der Waals surface area contributed by atoms with E-state index in [0.717, 1.165) is 4.47 Å². The van der Waals surface area contributed by atoms with Gasteiger partial charge in [-0.25, -0.2) is 4.73 Å². The lowest BCUT2D eigenvalue weighted by Crippen LogP contribution is -2.42. The van der Waals surface area contributed by atoms with Gasteiger partial charge in [0, 0.05) is 10.5 Å². The third kappa shape index (κ3) is 1.85. The van der Waals surface area contributed by atoms with Crippen molar-refractivity contribution in [3.8, 4) is 11.3 Å². The van der Waals surface area contributed by atoms with E-state index in [1.165, 1.54) is 0 Å². The Hall–Kier alpha value is -2.34. The second-order valence-electron chi connectivity index (χ2n) is 4.32. The molecule has 20 heavy (non-hydrogen) atoms. The van der Waals surface area contributed by atoms with Crippen LogP contribution in [-0.4, -0.2) is 0 Å². The standard InChI is InChI=1S/C14H10BrN3O2/c15-10-7-5-9(6-8-10)13-14(16)18(20)12-4-2-1-3-11(12)17(13)19/h1-8H,16H2. The van der Waals surface area contributed by atoms with Crippen molar-refractivity contribution in [3.63, 3.8) is 0 Å². The molecule has 0 radical (unpaired) electrons. The fourth-order valence-electron chi connectivity index (χ4n) is 2.13. The van der Waals surface area contributed by atoms with Crippen molar-refractivity contribution in [3.05, 3.63) is 63.4 Å². The lowest BCUT2D eigenvalue weighted by atomic mass is 10.1. The van der Waals surface area contributed by atoms with Gasteiger partial charge < -0.3 is 10.4 Å². The van der Waals surface area contributed by atoms with E-state index >= 15 is 0 Å². The lowest BCUT2D eigenvalue weighted by molar-refractivity contribution is -0.609. The van der Waals surface area contributed by atoms with Crippen molar-refractivity contribution in [2.75, 3.05) is 5.73 Å². The molecule has 2 N–H and O–H groups in total. The van der Waals surface area contributed by atoms with Crippen molar-refractivity contribution in [1.29, 1.82) is 0 Å². The fraction of sp³-hybridized carbons (Fsp3) is 0. The number of nitrogens with two attached hydrogens (primary N) is 1. The minimum atomic E-state index is -0.110. The molecule has 0 unspecified atom stereocenters. The maximum atomic E-state index is 12.5. The average molecular weight is 332 g/mol. The Labute approximate surface area is 123 Å². The second-order valence-corrected chi connectivity index (χ2v) is 5.23. The van der Waals surface area contributed by atoms with Crippen LogP contribution in [0.4, 0.5) is 5.82 Å². The van der Waals surface area contributed by atoms with Crippen molar-refractivity contribution in [1.82, 2.24) is 0 Å². The minimum absolute atomic E-state index is 0.110. The number of halogens is 1. The molecule has 0 spiro atoms. The molecule has 0 saturated carbocycles. The highest BCUT2D eigenvalue weighted by molar-refractivity contribution is 9.10. The molecule has 0 atom stereocenters. The van der Waals surface area contributed by atoms with Crippen LogP contribution in [0.2, 0.25) is 0 Å². The van der Waals surface area contributed by atoms with E-state index in [1.807, 2.05) is 0 Å². The Kier molecular flexibility index (Phi) is 2.94. The van der Waals surface area contributed by atoms with Gasteiger partial charge in [-0.15, -0.1) is 0 Å². The third-order valence-corrected chi connectivity index (χ3v) is 3.63. The summed E-state index contributed by atoms with van der Waals surface area (Å²) >= 11 is 3.33. The molecule has 0 aliphatic carbocycles. The summed E-state index contributed by atoms with van der Waals surface area (Å²) in [5.74, 6) is -0.110. The van der Waals surface area contributed by atoms with Crippen LogP contribution >= 0.6 is 15.9 Å². The average Bonchev–Trinajstić information content (AvgIpc) is 2.47. The van der Waals surface area contributed by atoms with Crippen LogP contribution in [0, 0.1) is 10.4 Å². The fourth-order valence-corrected chi connectivity index (χ4v) is 2.40. The summed E-state index contributed by atoms with van der Waals surface area (Å²) in [6, 6.07) is 13.6. The zero-order valence-electron chi connectivity index (χ0n) is 10.3. The van der Waals surface area contributed by atoms with E-state index in [1.54, 1.807) is 48.5 Å². The quantitative estimate of drug-likeness (QED) is 0.547. The van der Waals surface area contributed by atoms with Gasteiger partial charge in [0.1, 0.15) is 0 Å². The highest BCUT2D eigenvalue weighted by Gasteiger charge is 2.25. The second kappa shape index (κ2) is 4.64. The number of para-hydroxylation sites is 2. The van der Waals surface area contributed by atoms with Crippen molar-refractivity contribution in [2.45, 2.75) is 0 Å². The SMILES string of the molecule is Nc1c(-c2ccc(Br)cc2)[n+]([O-])c2ccccc2[n+]1[O-]. The summed E-state index contributed by atoms with van der Waals surface area (Å²) in [7, 11) is 0. The number of hydrogen-bond donors (Lipinski definition) is 1. The molecule has 0 aliphatic heterocycles. The maximum absolute atomic E-state index is 12.5. The van der Waals surface area contributed by atoms with Gasteiger partial charge in [-0.3, -0.25) is 5.73 Å². The first-order valence-electron chi connectivity index (χ1n) is 5.89. The highest BCUT2D eigenvalue weighted by atomic mass is 79.9. The zero-order valence-corrected chi connectivity index (χ0v) is 11.9. The molecule has 1 aromatic heterocycles. The Morgan fingerprint density at radius 1 is 0.850 bits per heavy atom. The van der Waals surface area contributed by atoms with E-state index in [4.69, 9.17) is 5.73 Å². The molecule has 5 nitrogen and oxygen atoms in total. The highest BCUT2D eigenvalue weighted by Crippen LogP contribution is 2.23. The van der Waals surface area contributed by atoms with Crippen molar-refractivity contribution < 1.29 is 9.46 Å². The number of fused-ring (bicyclic) bond motifs is 1. The molecule has 0 fully saturated rings. The van der Waals surface area contributed by atoms with Crippen LogP contribution in [0.5, 0.6) is 0 Å². The molecule has 0 amide bonds. The molecule has 1 heterocycles. The normalized spacial score (nSPS) is 10.8. The first-order chi connectivity index (χ1) is 9.59. The molecule has 0 aliphatic rings. The predicted molar refractivity (Wildman–Crippen MR) is 79.4 cm³/mol. The summed E-state index contributed by atoms with van der Waals surface area (Å²) in [6.07, 6.45) is 0.